The molecule has 4 nitrogen and oxygen atoms in total. The summed E-state index contributed by atoms with van der Waals surface area (Å²) in [7, 11) is 0. The van der Waals surface area contributed by atoms with E-state index in [-0.39, 0.29) is 0 Å². The zero-order valence-corrected chi connectivity index (χ0v) is 7.59. The first-order valence-electron chi connectivity index (χ1n) is 3.52. The van der Waals surface area contributed by atoms with Crippen molar-refractivity contribution in [1.82, 2.24) is 9.69 Å². The molecule has 0 N–H and O–H groups in total. The van der Waals surface area contributed by atoms with Gasteiger partial charge in [0.05, 0.1) is 11.3 Å². The van der Waals surface area contributed by atoms with E-state index < -0.39 is 0 Å². The van der Waals surface area contributed by atoms with Crippen LogP contribution in [0.15, 0.2) is 15.6 Å². The summed E-state index contributed by atoms with van der Waals surface area (Å²) in [4.78, 5) is 0. The van der Waals surface area contributed by atoms with Crippen LogP contribution in [0.2, 0.25) is 0 Å². The van der Waals surface area contributed by atoms with Gasteiger partial charge in [0.15, 0.2) is 5.84 Å². The normalized spacial score (nSPS) is 15.5. The van der Waals surface area contributed by atoms with Gasteiger partial charge in [-0.05, 0) is 25.4 Å². The van der Waals surface area contributed by atoms with Crippen LogP contribution in [-0.4, -0.2) is 16.0 Å². The van der Waals surface area contributed by atoms with E-state index in [1.165, 1.54) is 11.5 Å². The monoisotopic (exact) mass is 179 g/mol. The number of aromatic nitrogens is 1. The van der Waals surface area contributed by atoms with E-state index in [0.717, 1.165) is 11.3 Å². The van der Waals surface area contributed by atoms with Gasteiger partial charge >= 0.3 is 0 Å². The Hall–Kier alpha value is -1.23. The number of amidine groups is 2. The minimum atomic E-state index is 0.679. The summed E-state index contributed by atoms with van der Waals surface area (Å²) in [5.74, 6) is 1.38. The molecular weight excluding hydrogens is 172 g/mol. The molecule has 0 bridgehead atoms. The van der Waals surface area contributed by atoms with Crippen LogP contribution in [0.1, 0.15) is 18.2 Å². The lowest BCUT2D eigenvalue weighted by Crippen LogP contribution is -2.16. The van der Waals surface area contributed by atoms with Crippen LogP contribution in [0.3, 0.4) is 0 Å². The second-order valence-corrected chi connectivity index (χ2v) is 3.13. The summed E-state index contributed by atoms with van der Waals surface area (Å²) in [6.07, 6.45) is 0. The average Bonchev–Trinajstić information content (AvgIpc) is 2.58. The minimum absolute atomic E-state index is 0.679. The van der Waals surface area contributed by atoms with Gasteiger partial charge in [-0.3, -0.25) is 0 Å². The van der Waals surface area contributed by atoms with Crippen molar-refractivity contribution in [1.29, 1.82) is 0 Å². The zero-order chi connectivity index (χ0) is 8.55. The van der Waals surface area contributed by atoms with E-state index in [0.29, 0.717) is 11.7 Å². The van der Waals surface area contributed by atoms with Gasteiger partial charge in [-0.15, -0.1) is 10.2 Å². The number of nitrogens with zero attached hydrogens (tertiary/aromatic N) is 4. The lowest BCUT2D eigenvalue weighted by Gasteiger charge is -1.94. The predicted molar refractivity (Wildman–Crippen MR) is 48.6 cm³/mol. The molecule has 1 radical (unpaired) electrons. The topological polar surface area (TPSA) is 51.7 Å². The third-order valence-corrected chi connectivity index (χ3v) is 2.27. The summed E-state index contributed by atoms with van der Waals surface area (Å²) in [6.45, 7) is 3.77. The summed E-state index contributed by atoms with van der Waals surface area (Å²) in [6, 6.07) is 0. The van der Waals surface area contributed by atoms with Crippen molar-refractivity contribution < 1.29 is 0 Å². The number of aryl methyl sites for hydroxylation is 1. The molecule has 12 heavy (non-hydrogen) atoms. The quantitative estimate of drug-likeness (QED) is 0.638. The molecule has 0 fully saturated rings. The third-order valence-electron chi connectivity index (χ3n) is 1.55. The van der Waals surface area contributed by atoms with Crippen molar-refractivity contribution in [3.05, 3.63) is 16.6 Å². The summed E-state index contributed by atoms with van der Waals surface area (Å²) < 4.78 is 4.14. The Morgan fingerprint density at radius 3 is 2.58 bits per heavy atom. The van der Waals surface area contributed by atoms with Crippen molar-refractivity contribution in [3.8, 4) is 0 Å². The number of hydrogen-bond donors (Lipinski definition) is 0. The van der Waals surface area contributed by atoms with Crippen molar-refractivity contribution in [2.24, 2.45) is 10.2 Å². The van der Waals surface area contributed by atoms with Crippen LogP contribution in [0.4, 0.5) is 0 Å². The Bertz CT molecular complexity index is 363. The van der Waals surface area contributed by atoms with Gasteiger partial charge in [0.1, 0.15) is 5.84 Å². The maximum Gasteiger partial charge on any atom is 0.186 e. The molecule has 0 atom stereocenters. The SMILES string of the molecule is CC1=NN=C(c2csnc2C)[N]1. The first-order chi connectivity index (χ1) is 5.77. The van der Waals surface area contributed by atoms with Gasteiger partial charge in [0, 0.05) is 5.38 Å². The fourth-order valence-electron chi connectivity index (χ4n) is 0.939. The molecular formula is C7H7N4S. The standard InChI is InChI=1S/C7H7N4S/c1-4-6(3-12-11-4)7-8-5(2)9-10-7/h3H,1-2H3. The molecule has 2 heterocycles. The zero-order valence-electron chi connectivity index (χ0n) is 6.77. The molecule has 0 aromatic carbocycles. The van der Waals surface area contributed by atoms with Gasteiger partial charge in [0.25, 0.3) is 0 Å². The summed E-state index contributed by atoms with van der Waals surface area (Å²) >= 11 is 1.41. The Balaban J connectivity index is 2.30. The fraction of sp³-hybridized carbons (Fsp3) is 0.286. The molecule has 0 aliphatic carbocycles. The van der Waals surface area contributed by atoms with Crippen molar-refractivity contribution >= 4 is 23.2 Å². The smallest absolute Gasteiger partial charge is 0.186 e. The minimum Gasteiger partial charge on any atom is -0.210 e. The van der Waals surface area contributed by atoms with Crippen molar-refractivity contribution in [2.45, 2.75) is 13.8 Å². The second-order valence-electron chi connectivity index (χ2n) is 2.50. The molecule has 0 saturated heterocycles. The van der Waals surface area contributed by atoms with Crippen LogP contribution in [-0.2, 0) is 0 Å². The van der Waals surface area contributed by atoms with Crippen LogP contribution in [0.25, 0.3) is 0 Å². The van der Waals surface area contributed by atoms with E-state index in [2.05, 4.69) is 19.9 Å². The van der Waals surface area contributed by atoms with Crippen LogP contribution in [0.5, 0.6) is 0 Å². The molecule has 5 heteroatoms. The highest BCUT2D eigenvalue weighted by atomic mass is 32.1. The second kappa shape index (κ2) is 2.67. The summed E-state index contributed by atoms with van der Waals surface area (Å²) in [5.41, 5.74) is 1.95. The fourth-order valence-corrected chi connectivity index (χ4v) is 1.63. The van der Waals surface area contributed by atoms with Gasteiger partial charge in [-0.2, -0.15) is 4.37 Å². The highest BCUT2D eigenvalue weighted by Gasteiger charge is 2.15. The third kappa shape index (κ3) is 1.12. The molecule has 1 aliphatic heterocycles. The van der Waals surface area contributed by atoms with E-state index in [1.807, 2.05) is 19.2 Å². The predicted octanol–water partition coefficient (Wildman–Crippen LogP) is 1.15. The Labute approximate surface area is 74.2 Å². The highest BCUT2D eigenvalue weighted by Crippen LogP contribution is 2.12. The Morgan fingerprint density at radius 1 is 1.25 bits per heavy atom. The number of hydrogen-bond acceptors (Lipinski definition) is 4. The van der Waals surface area contributed by atoms with Gasteiger partial charge in [0.2, 0.25) is 0 Å². The first-order valence-corrected chi connectivity index (χ1v) is 4.36. The molecule has 1 aliphatic rings. The lowest BCUT2D eigenvalue weighted by atomic mass is 10.2. The first kappa shape index (κ1) is 7.42. The molecule has 1 aromatic heterocycles. The van der Waals surface area contributed by atoms with E-state index in [1.54, 1.807) is 0 Å². The molecule has 0 spiro atoms. The average molecular weight is 179 g/mol. The van der Waals surface area contributed by atoms with Gasteiger partial charge < -0.3 is 0 Å². The van der Waals surface area contributed by atoms with Crippen molar-refractivity contribution in [2.75, 3.05) is 0 Å². The van der Waals surface area contributed by atoms with E-state index >= 15 is 0 Å². The van der Waals surface area contributed by atoms with Crippen LogP contribution in [0, 0.1) is 6.92 Å². The van der Waals surface area contributed by atoms with Crippen LogP contribution < -0.4 is 5.32 Å². The molecule has 0 saturated carbocycles. The van der Waals surface area contributed by atoms with Gasteiger partial charge in [-0.25, -0.2) is 5.32 Å². The van der Waals surface area contributed by atoms with Gasteiger partial charge in [-0.1, -0.05) is 0 Å². The van der Waals surface area contributed by atoms with Crippen molar-refractivity contribution in [3.63, 3.8) is 0 Å². The lowest BCUT2D eigenvalue weighted by molar-refractivity contribution is 1.25. The highest BCUT2D eigenvalue weighted by molar-refractivity contribution is 7.04. The molecule has 1 aromatic rings. The maximum atomic E-state index is 4.16. The molecule has 61 valence electrons. The molecule has 0 amide bonds. The Morgan fingerprint density at radius 2 is 2.08 bits per heavy atom. The molecule has 2 rings (SSSR count). The summed E-state index contributed by atoms with van der Waals surface area (Å²) in [5, 5.41) is 13.8. The maximum absolute atomic E-state index is 4.16. The van der Waals surface area contributed by atoms with E-state index in [9.17, 15) is 0 Å². The van der Waals surface area contributed by atoms with E-state index in [4.69, 9.17) is 0 Å². The molecule has 0 unspecified atom stereocenters. The largest absolute Gasteiger partial charge is 0.210 e. The number of rotatable bonds is 1. The van der Waals surface area contributed by atoms with Crippen LogP contribution >= 0.6 is 11.5 Å². The Kier molecular flexibility index (Phi) is 1.65.